The number of carbonyl (C=O) groups excluding carboxylic acids is 3. The number of nitrogens with one attached hydrogen (secondary N) is 3. The molecule has 0 aliphatic rings. The van der Waals surface area contributed by atoms with Crippen molar-refractivity contribution in [2.45, 2.75) is 50.2 Å². The molecule has 0 rings (SSSR count). The van der Waals surface area contributed by atoms with E-state index in [1.807, 2.05) is 5.32 Å². The Morgan fingerprint density at radius 2 is 1.48 bits per heavy atom. The number of aliphatic carboxylic acids is 3. The monoisotopic (exact) mass is 475 g/mol. The quantitative estimate of drug-likeness (QED) is 0.0584. The molecule has 12 N–H and O–H groups in total. The Balaban J connectivity index is 5.04. The average molecular weight is 475 g/mol. The normalized spacial score (nSPS) is 13.0. The molecule has 3 atom stereocenters. The fourth-order valence-corrected chi connectivity index (χ4v) is 2.37. The zero-order valence-electron chi connectivity index (χ0n) is 17.7. The van der Waals surface area contributed by atoms with Gasteiger partial charge in [0.05, 0.1) is 19.0 Å². The van der Waals surface area contributed by atoms with Gasteiger partial charge in [-0.3, -0.25) is 29.0 Å². The number of nitrogens with zero attached hydrogens (tertiary/aromatic N) is 1. The third-order valence-corrected chi connectivity index (χ3v) is 4.02. The smallest absolute Gasteiger partial charge is 0.326 e. The maximum absolute atomic E-state index is 12.5. The Hall–Kier alpha value is -3.95. The molecular formula is C17H29N7O9. The minimum absolute atomic E-state index is 0.0418. The molecule has 0 aliphatic heterocycles. The second kappa shape index (κ2) is 15.0. The molecule has 16 heteroatoms. The van der Waals surface area contributed by atoms with Gasteiger partial charge in [-0.1, -0.05) is 0 Å². The topological polar surface area (TPSA) is 290 Å². The van der Waals surface area contributed by atoms with Gasteiger partial charge in [-0.15, -0.1) is 0 Å². The van der Waals surface area contributed by atoms with Crippen LogP contribution in [-0.4, -0.2) is 88.1 Å². The highest BCUT2D eigenvalue weighted by molar-refractivity contribution is 5.93. The lowest BCUT2D eigenvalue weighted by Gasteiger charge is -2.21. The van der Waals surface area contributed by atoms with Crippen molar-refractivity contribution >= 4 is 41.6 Å². The number of rotatable bonds is 16. The SMILES string of the molecule is NC(N)=NCCCC(NC(=O)CNC(=O)C(N)CCC(=O)O)C(=O)NC(CC(=O)O)C(=O)O. The summed E-state index contributed by atoms with van der Waals surface area (Å²) >= 11 is 0. The zero-order valence-corrected chi connectivity index (χ0v) is 17.7. The van der Waals surface area contributed by atoms with E-state index in [0.29, 0.717) is 0 Å². The van der Waals surface area contributed by atoms with Crippen molar-refractivity contribution in [3.63, 3.8) is 0 Å². The molecule has 0 spiro atoms. The van der Waals surface area contributed by atoms with Crippen LogP contribution < -0.4 is 33.2 Å². The maximum atomic E-state index is 12.5. The third-order valence-electron chi connectivity index (χ3n) is 4.02. The van der Waals surface area contributed by atoms with E-state index in [9.17, 15) is 28.8 Å². The lowest BCUT2D eigenvalue weighted by molar-refractivity contribution is -0.147. The van der Waals surface area contributed by atoms with Crippen LogP contribution >= 0.6 is 0 Å². The van der Waals surface area contributed by atoms with Crippen LogP contribution in [0.25, 0.3) is 0 Å². The van der Waals surface area contributed by atoms with Gasteiger partial charge in [0.1, 0.15) is 12.1 Å². The molecule has 0 heterocycles. The first-order chi connectivity index (χ1) is 15.3. The first kappa shape index (κ1) is 29.0. The standard InChI is InChI=1S/C17H29N7O9/c18-8(3-4-12(26)27)14(30)22-7-11(25)23-9(2-1-5-21-17(19)20)15(31)24-10(16(32)33)6-13(28)29/h8-10H,1-7,18H2,(H,22,30)(H,23,25)(H,24,31)(H,26,27)(H,28,29)(H,32,33)(H4,19,20,21). The Morgan fingerprint density at radius 1 is 0.848 bits per heavy atom. The molecule has 0 radical (unpaired) electrons. The average Bonchev–Trinajstić information content (AvgIpc) is 2.70. The Labute approximate surface area is 187 Å². The van der Waals surface area contributed by atoms with Gasteiger partial charge in [0.25, 0.3) is 0 Å². The van der Waals surface area contributed by atoms with E-state index in [2.05, 4.69) is 15.6 Å². The molecule has 0 saturated heterocycles. The van der Waals surface area contributed by atoms with Crippen LogP contribution in [0.1, 0.15) is 32.1 Å². The van der Waals surface area contributed by atoms with Crippen LogP contribution in [0.5, 0.6) is 0 Å². The molecule has 33 heavy (non-hydrogen) atoms. The van der Waals surface area contributed by atoms with Crippen molar-refractivity contribution in [3.8, 4) is 0 Å². The number of nitrogens with two attached hydrogens (primary N) is 3. The molecule has 0 aromatic rings. The highest BCUT2D eigenvalue weighted by Gasteiger charge is 2.28. The molecule has 0 aromatic carbocycles. The molecule has 0 aromatic heterocycles. The van der Waals surface area contributed by atoms with Crippen molar-refractivity contribution in [1.29, 1.82) is 0 Å². The van der Waals surface area contributed by atoms with Crippen molar-refractivity contribution in [3.05, 3.63) is 0 Å². The summed E-state index contributed by atoms with van der Waals surface area (Å²) in [5.41, 5.74) is 15.9. The first-order valence-corrected chi connectivity index (χ1v) is 9.68. The Bertz CT molecular complexity index is 768. The molecule has 0 saturated carbocycles. The van der Waals surface area contributed by atoms with Crippen molar-refractivity contribution in [2.24, 2.45) is 22.2 Å². The number of hydrogen-bond acceptors (Lipinski definition) is 8. The Kier molecular flexibility index (Phi) is 13.2. The van der Waals surface area contributed by atoms with Crippen molar-refractivity contribution < 1.29 is 44.1 Å². The number of carboxylic acids is 3. The molecule has 3 amide bonds. The lowest BCUT2D eigenvalue weighted by Crippen LogP contribution is -2.54. The number of aliphatic imine (C=N–C) groups is 1. The van der Waals surface area contributed by atoms with Gasteiger partial charge in [-0.25, -0.2) is 4.79 Å². The van der Waals surface area contributed by atoms with E-state index in [1.54, 1.807) is 0 Å². The predicted molar refractivity (Wildman–Crippen MR) is 112 cm³/mol. The van der Waals surface area contributed by atoms with Crippen molar-refractivity contribution in [2.75, 3.05) is 13.1 Å². The highest BCUT2D eigenvalue weighted by Crippen LogP contribution is 2.02. The number of guanidine groups is 1. The fraction of sp³-hybridized carbons (Fsp3) is 0.588. The third kappa shape index (κ3) is 13.9. The van der Waals surface area contributed by atoms with Crippen LogP contribution in [-0.2, 0) is 28.8 Å². The molecule has 186 valence electrons. The van der Waals surface area contributed by atoms with E-state index in [1.165, 1.54) is 0 Å². The molecule has 16 nitrogen and oxygen atoms in total. The largest absolute Gasteiger partial charge is 0.481 e. The van der Waals surface area contributed by atoms with E-state index in [0.717, 1.165) is 0 Å². The molecular weight excluding hydrogens is 446 g/mol. The predicted octanol–water partition coefficient (Wildman–Crippen LogP) is -4.12. The van der Waals surface area contributed by atoms with Crippen LogP contribution in [0.4, 0.5) is 0 Å². The molecule has 0 aliphatic carbocycles. The Morgan fingerprint density at radius 3 is 2.00 bits per heavy atom. The van der Waals surface area contributed by atoms with Gasteiger partial charge in [0, 0.05) is 13.0 Å². The summed E-state index contributed by atoms with van der Waals surface area (Å²) in [4.78, 5) is 72.7. The van der Waals surface area contributed by atoms with Crippen LogP contribution in [0.2, 0.25) is 0 Å². The van der Waals surface area contributed by atoms with E-state index in [4.69, 9.17) is 32.5 Å². The second-order valence-corrected chi connectivity index (χ2v) is 6.82. The highest BCUT2D eigenvalue weighted by atomic mass is 16.4. The summed E-state index contributed by atoms with van der Waals surface area (Å²) in [6.45, 7) is -0.511. The number of carboxylic acid groups (broad SMARTS) is 3. The summed E-state index contributed by atoms with van der Waals surface area (Å²) in [6.07, 6.45) is -1.24. The number of carbonyl (C=O) groups is 6. The van der Waals surface area contributed by atoms with Gasteiger partial charge in [-0.05, 0) is 19.3 Å². The van der Waals surface area contributed by atoms with Gasteiger partial charge in [0.15, 0.2) is 5.96 Å². The maximum Gasteiger partial charge on any atom is 0.326 e. The van der Waals surface area contributed by atoms with Crippen LogP contribution in [0, 0.1) is 0 Å². The molecule has 0 bridgehead atoms. The minimum atomic E-state index is -1.74. The zero-order chi connectivity index (χ0) is 25.6. The van der Waals surface area contributed by atoms with E-state index >= 15 is 0 Å². The summed E-state index contributed by atoms with van der Waals surface area (Å²) in [7, 11) is 0. The first-order valence-electron chi connectivity index (χ1n) is 9.68. The summed E-state index contributed by atoms with van der Waals surface area (Å²) in [5, 5.41) is 33.0. The minimum Gasteiger partial charge on any atom is -0.481 e. The van der Waals surface area contributed by atoms with E-state index in [-0.39, 0.29) is 38.2 Å². The van der Waals surface area contributed by atoms with Gasteiger partial charge >= 0.3 is 17.9 Å². The number of hydrogen-bond donors (Lipinski definition) is 9. The lowest BCUT2D eigenvalue weighted by atomic mass is 10.1. The van der Waals surface area contributed by atoms with E-state index < -0.39 is 66.7 Å². The summed E-state index contributed by atoms with van der Waals surface area (Å²) in [6, 6.07) is -4.20. The summed E-state index contributed by atoms with van der Waals surface area (Å²) < 4.78 is 0. The van der Waals surface area contributed by atoms with Gasteiger partial charge in [-0.2, -0.15) is 0 Å². The molecule has 3 unspecified atom stereocenters. The number of amides is 3. The van der Waals surface area contributed by atoms with Crippen LogP contribution in [0.3, 0.4) is 0 Å². The van der Waals surface area contributed by atoms with Crippen LogP contribution in [0.15, 0.2) is 4.99 Å². The molecule has 0 fully saturated rings. The van der Waals surface area contributed by atoms with Gasteiger partial charge in [0.2, 0.25) is 17.7 Å². The van der Waals surface area contributed by atoms with Gasteiger partial charge < -0.3 is 48.5 Å². The van der Waals surface area contributed by atoms with Crippen molar-refractivity contribution in [1.82, 2.24) is 16.0 Å². The summed E-state index contributed by atoms with van der Waals surface area (Å²) in [5.74, 6) is -6.97. The fourth-order valence-electron chi connectivity index (χ4n) is 2.37. The second-order valence-electron chi connectivity index (χ2n) is 6.82.